The van der Waals surface area contributed by atoms with E-state index in [-0.39, 0.29) is 36.9 Å². The van der Waals surface area contributed by atoms with Crippen LogP contribution in [-0.4, -0.2) is 34.5 Å². The summed E-state index contributed by atoms with van der Waals surface area (Å²) in [5, 5.41) is 9.16. The Morgan fingerprint density at radius 1 is 1.24 bits per heavy atom. The highest BCUT2D eigenvalue weighted by Gasteiger charge is 2.32. The van der Waals surface area contributed by atoms with Gasteiger partial charge in [0.2, 0.25) is 5.50 Å². The Hall–Kier alpha value is -2.19. The van der Waals surface area contributed by atoms with E-state index in [9.17, 15) is 8.96 Å². The molecule has 3 N–H and O–H groups in total. The van der Waals surface area contributed by atoms with Crippen molar-refractivity contribution in [2.24, 2.45) is 5.92 Å². The number of nitrogens with zero attached hydrogens (tertiary/aromatic N) is 2. The third-order valence-corrected chi connectivity index (χ3v) is 7.14. The molecule has 0 bridgehead atoms. The largest absolute Gasteiger partial charge is 0.445 e. The van der Waals surface area contributed by atoms with Crippen LogP contribution in [-0.2, 0) is 26.6 Å². The van der Waals surface area contributed by atoms with E-state index < -0.39 is 13.4 Å². The zero-order chi connectivity index (χ0) is 24.2. The Labute approximate surface area is 193 Å². The van der Waals surface area contributed by atoms with Crippen molar-refractivity contribution in [2.75, 3.05) is 25.6 Å². The molecule has 0 amide bonds. The Morgan fingerprint density at radius 3 is 2.55 bits per heavy atom. The van der Waals surface area contributed by atoms with Gasteiger partial charge in [-0.25, -0.2) is 9.37 Å². The lowest BCUT2D eigenvalue weighted by Gasteiger charge is -2.15. The number of aliphatic hydroxyl groups excluding tert-OH is 1. The molecule has 0 unspecified atom stereocenters. The maximum absolute atomic E-state index is 14.6. The van der Waals surface area contributed by atoms with E-state index in [1.54, 1.807) is 26.0 Å². The molecular formula is C23H33FN3O5P. The SMILES string of the molecule is CCOP(=O)(OCC)c1ccc(-c2nc3c(N)c(F)cc(CCCCO)c3n2CC(C)C)o1. The van der Waals surface area contributed by atoms with Gasteiger partial charge in [-0.05, 0) is 62.8 Å². The number of imidazole rings is 1. The number of aliphatic hydroxyl groups is 1. The van der Waals surface area contributed by atoms with Gasteiger partial charge in [-0.3, -0.25) is 4.57 Å². The molecule has 2 aromatic heterocycles. The lowest BCUT2D eigenvalue weighted by atomic mass is 10.0. The predicted molar refractivity (Wildman–Crippen MR) is 127 cm³/mol. The fraction of sp³-hybridized carbons (Fsp3) is 0.522. The number of fused-ring (bicyclic) bond motifs is 1. The summed E-state index contributed by atoms with van der Waals surface area (Å²) in [7, 11) is -3.61. The van der Waals surface area contributed by atoms with Gasteiger partial charge in [0.25, 0.3) is 0 Å². The number of aromatic nitrogens is 2. The molecular weight excluding hydrogens is 448 g/mol. The topological polar surface area (TPSA) is 113 Å². The lowest BCUT2D eigenvalue weighted by molar-refractivity contribution is 0.225. The molecule has 0 aliphatic rings. The summed E-state index contributed by atoms with van der Waals surface area (Å²) in [5.74, 6) is 0.553. The summed E-state index contributed by atoms with van der Waals surface area (Å²) in [6.45, 7) is 8.67. The quantitative estimate of drug-likeness (QED) is 0.215. The standard InChI is InChI=1S/C23H33FN3O5P/c1-5-30-33(29,31-6-2)19-11-10-18(32-19)23-26-21-20(25)17(24)13-16(9-7-8-12-28)22(21)27(23)14-15(3)4/h10-11,13,15,28H,5-9,12,14,25H2,1-4H3. The molecule has 0 aliphatic carbocycles. The van der Waals surface area contributed by atoms with Gasteiger partial charge >= 0.3 is 7.60 Å². The predicted octanol–water partition coefficient (Wildman–Crippen LogP) is 4.88. The van der Waals surface area contributed by atoms with Crippen molar-refractivity contribution in [1.29, 1.82) is 0 Å². The zero-order valence-corrected chi connectivity index (χ0v) is 20.5. The van der Waals surface area contributed by atoms with Crippen molar-refractivity contribution in [1.82, 2.24) is 9.55 Å². The number of aryl methyl sites for hydroxylation is 1. The van der Waals surface area contributed by atoms with Gasteiger partial charge in [0, 0.05) is 13.2 Å². The number of nitrogens with two attached hydrogens (primary N) is 1. The first-order valence-electron chi connectivity index (χ1n) is 11.3. The van der Waals surface area contributed by atoms with Crippen LogP contribution in [0.2, 0.25) is 0 Å². The fourth-order valence-electron chi connectivity index (χ4n) is 3.83. The normalized spacial score (nSPS) is 12.3. The van der Waals surface area contributed by atoms with Gasteiger partial charge in [0.15, 0.2) is 11.6 Å². The molecule has 0 saturated carbocycles. The Balaban J connectivity index is 2.19. The first-order valence-corrected chi connectivity index (χ1v) is 12.9. The molecule has 182 valence electrons. The smallest absolute Gasteiger partial charge is 0.396 e. The molecule has 0 saturated heterocycles. The van der Waals surface area contributed by atoms with Gasteiger partial charge < -0.3 is 28.9 Å². The summed E-state index contributed by atoms with van der Waals surface area (Å²) >= 11 is 0. The summed E-state index contributed by atoms with van der Waals surface area (Å²) in [6.07, 6.45) is 1.89. The monoisotopic (exact) mass is 481 g/mol. The summed E-state index contributed by atoms with van der Waals surface area (Å²) in [4.78, 5) is 4.66. The van der Waals surface area contributed by atoms with Crippen molar-refractivity contribution in [3.8, 4) is 11.6 Å². The highest BCUT2D eigenvalue weighted by atomic mass is 31.2. The van der Waals surface area contributed by atoms with Crippen molar-refractivity contribution >= 4 is 29.8 Å². The molecule has 10 heteroatoms. The summed E-state index contributed by atoms with van der Waals surface area (Å²) in [6, 6.07) is 4.67. The van der Waals surface area contributed by atoms with Crippen LogP contribution in [0.5, 0.6) is 0 Å². The second kappa shape index (κ2) is 10.8. The van der Waals surface area contributed by atoms with E-state index in [0.29, 0.717) is 42.9 Å². The van der Waals surface area contributed by atoms with Crippen molar-refractivity contribution in [3.05, 3.63) is 29.6 Å². The maximum Gasteiger partial charge on any atom is 0.396 e. The van der Waals surface area contributed by atoms with Crippen LogP contribution in [0.15, 0.2) is 22.6 Å². The Bertz CT molecular complexity index is 1130. The number of rotatable bonds is 12. The van der Waals surface area contributed by atoms with E-state index in [4.69, 9.17) is 24.3 Å². The minimum Gasteiger partial charge on any atom is -0.445 e. The first kappa shape index (κ1) is 25.4. The van der Waals surface area contributed by atoms with Crippen LogP contribution >= 0.6 is 7.60 Å². The summed E-state index contributed by atoms with van der Waals surface area (Å²) in [5.41, 5.74) is 8.02. The number of furan rings is 1. The Morgan fingerprint density at radius 2 is 1.94 bits per heavy atom. The molecule has 0 aliphatic heterocycles. The number of halogens is 1. The van der Waals surface area contributed by atoms with Crippen LogP contribution in [0.25, 0.3) is 22.6 Å². The van der Waals surface area contributed by atoms with Gasteiger partial charge in [0.1, 0.15) is 11.3 Å². The van der Waals surface area contributed by atoms with E-state index in [1.807, 2.05) is 4.57 Å². The van der Waals surface area contributed by atoms with Crippen LogP contribution in [0.3, 0.4) is 0 Å². The van der Waals surface area contributed by atoms with Crippen LogP contribution in [0.4, 0.5) is 10.1 Å². The minimum absolute atomic E-state index is 0.0271. The third kappa shape index (κ3) is 5.32. The molecule has 0 fully saturated rings. The number of unbranched alkanes of at least 4 members (excludes halogenated alkanes) is 1. The van der Waals surface area contributed by atoms with Crippen molar-refractivity contribution in [3.63, 3.8) is 0 Å². The van der Waals surface area contributed by atoms with Gasteiger partial charge in [-0.15, -0.1) is 0 Å². The molecule has 3 aromatic rings. The van der Waals surface area contributed by atoms with Crippen LogP contribution in [0, 0.1) is 11.7 Å². The average molecular weight is 482 g/mol. The third-order valence-electron chi connectivity index (χ3n) is 5.17. The zero-order valence-electron chi connectivity index (χ0n) is 19.6. The van der Waals surface area contributed by atoms with Crippen molar-refractivity contribution in [2.45, 2.75) is 53.5 Å². The molecule has 0 atom stereocenters. The van der Waals surface area contributed by atoms with Crippen LogP contribution < -0.4 is 11.2 Å². The molecule has 2 heterocycles. The number of anilines is 1. The van der Waals surface area contributed by atoms with E-state index in [0.717, 1.165) is 11.1 Å². The second-order valence-electron chi connectivity index (χ2n) is 8.22. The molecule has 33 heavy (non-hydrogen) atoms. The van der Waals surface area contributed by atoms with E-state index in [2.05, 4.69) is 18.8 Å². The first-order chi connectivity index (χ1) is 15.8. The molecule has 3 rings (SSSR count). The fourth-order valence-corrected chi connectivity index (χ4v) is 5.30. The van der Waals surface area contributed by atoms with Crippen molar-refractivity contribution < 1.29 is 27.5 Å². The van der Waals surface area contributed by atoms with E-state index >= 15 is 0 Å². The number of benzene rings is 1. The Kier molecular flexibility index (Phi) is 8.34. The van der Waals surface area contributed by atoms with Crippen LogP contribution in [0.1, 0.15) is 46.1 Å². The van der Waals surface area contributed by atoms with Gasteiger partial charge in [-0.1, -0.05) is 13.8 Å². The maximum atomic E-state index is 14.6. The lowest BCUT2D eigenvalue weighted by Crippen LogP contribution is -2.09. The second-order valence-corrected chi connectivity index (χ2v) is 10.2. The summed E-state index contributed by atoms with van der Waals surface area (Å²) < 4.78 is 46.5. The molecule has 8 nitrogen and oxygen atoms in total. The molecule has 0 spiro atoms. The van der Waals surface area contributed by atoms with Gasteiger partial charge in [0.05, 0.1) is 24.4 Å². The minimum atomic E-state index is -3.61. The van der Waals surface area contributed by atoms with Gasteiger partial charge in [-0.2, -0.15) is 0 Å². The highest BCUT2D eigenvalue weighted by Crippen LogP contribution is 2.48. The molecule has 1 aromatic carbocycles. The molecule has 0 radical (unpaired) electrons. The van der Waals surface area contributed by atoms with E-state index in [1.165, 1.54) is 6.07 Å². The average Bonchev–Trinajstić information content (AvgIpc) is 3.38. The number of nitrogen functional groups attached to an aromatic ring is 1. The highest BCUT2D eigenvalue weighted by molar-refractivity contribution is 7.61. The number of hydrogen-bond acceptors (Lipinski definition) is 7. The number of hydrogen-bond donors (Lipinski definition) is 2.